The van der Waals surface area contributed by atoms with Crippen molar-refractivity contribution in [2.75, 3.05) is 7.11 Å². The number of H-pyrrole nitrogens is 1. The van der Waals surface area contributed by atoms with Gasteiger partial charge in [-0.25, -0.2) is 9.37 Å². The SMILES string of the molecule is COc1ccc(CSc2nc3cc(C)[nH]c3c(=O)n2-c2ccc(C)cc2)cc1F. The van der Waals surface area contributed by atoms with E-state index in [-0.39, 0.29) is 11.3 Å². The van der Waals surface area contributed by atoms with Gasteiger partial charge >= 0.3 is 0 Å². The normalized spacial score (nSPS) is 11.2. The van der Waals surface area contributed by atoms with Crippen LogP contribution in [0.25, 0.3) is 16.7 Å². The third-order valence-electron chi connectivity index (χ3n) is 4.63. The van der Waals surface area contributed by atoms with E-state index in [1.807, 2.05) is 50.2 Å². The summed E-state index contributed by atoms with van der Waals surface area (Å²) in [6.07, 6.45) is 0. The molecular weight excluding hydrogens is 389 g/mol. The van der Waals surface area contributed by atoms with Gasteiger partial charge in [-0.15, -0.1) is 0 Å². The lowest BCUT2D eigenvalue weighted by Gasteiger charge is -2.12. The largest absolute Gasteiger partial charge is 0.494 e. The average Bonchev–Trinajstić information content (AvgIpc) is 3.08. The van der Waals surface area contributed by atoms with Crippen LogP contribution in [0.2, 0.25) is 0 Å². The molecule has 7 heteroatoms. The summed E-state index contributed by atoms with van der Waals surface area (Å²) in [5.41, 5.74) is 4.44. The maximum Gasteiger partial charge on any atom is 0.283 e. The van der Waals surface area contributed by atoms with Crippen LogP contribution in [-0.2, 0) is 5.75 Å². The number of nitrogens with one attached hydrogen (secondary N) is 1. The monoisotopic (exact) mass is 409 g/mol. The number of aromatic amines is 1. The zero-order valence-corrected chi connectivity index (χ0v) is 17.1. The number of halogens is 1. The van der Waals surface area contributed by atoms with Crippen LogP contribution in [0, 0.1) is 19.7 Å². The van der Waals surface area contributed by atoms with Gasteiger partial charge in [-0.05, 0) is 49.7 Å². The van der Waals surface area contributed by atoms with Crippen LogP contribution in [0.15, 0.2) is 58.5 Å². The molecule has 0 saturated carbocycles. The number of hydrogen-bond donors (Lipinski definition) is 1. The second-order valence-corrected chi connectivity index (χ2v) is 7.78. The lowest BCUT2D eigenvalue weighted by Crippen LogP contribution is -2.21. The number of benzene rings is 2. The van der Waals surface area contributed by atoms with E-state index < -0.39 is 5.82 Å². The standard InChI is InChI=1S/C22H20FN3O2S/c1-13-4-7-16(8-5-13)26-21(27)20-18(10-14(2)24-20)25-22(26)29-12-15-6-9-19(28-3)17(23)11-15/h4-11,24H,12H2,1-3H3. The number of aryl methyl sites for hydroxylation is 2. The number of hydrogen-bond acceptors (Lipinski definition) is 4. The fraction of sp³-hybridized carbons (Fsp3) is 0.182. The molecule has 0 aliphatic rings. The lowest BCUT2D eigenvalue weighted by atomic mass is 10.2. The average molecular weight is 409 g/mol. The molecule has 0 fully saturated rings. The Morgan fingerprint density at radius 2 is 1.90 bits per heavy atom. The van der Waals surface area contributed by atoms with E-state index in [4.69, 9.17) is 9.72 Å². The van der Waals surface area contributed by atoms with Crippen LogP contribution in [0.1, 0.15) is 16.8 Å². The number of thioether (sulfide) groups is 1. The predicted molar refractivity (Wildman–Crippen MR) is 114 cm³/mol. The first kappa shape index (κ1) is 19.3. The summed E-state index contributed by atoms with van der Waals surface area (Å²) in [5.74, 6) is 0.262. The van der Waals surface area contributed by atoms with E-state index in [9.17, 15) is 9.18 Å². The van der Waals surface area contributed by atoms with Crippen molar-refractivity contribution in [2.24, 2.45) is 0 Å². The second kappa shape index (κ2) is 7.75. The highest BCUT2D eigenvalue weighted by Gasteiger charge is 2.15. The van der Waals surface area contributed by atoms with Crippen molar-refractivity contribution in [3.05, 3.63) is 81.5 Å². The van der Waals surface area contributed by atoms with E-state index in [0.29, 0.717) is 21.9 Å². The Balaban J connectivity index is 1.77. The molecule has 0 radical (unpaired) electrons. The predicted octanol–water partition coefficient (Wildman–Crippen LogP) is 4.77. The van der Waals surface area contributed by atoms with E-state index in [0.717, 1.165) is 22.5 Å². The molecular formula is C22H20FN3O2S. The minimum absolute atomic E-state index is 0.157. The summed E-state index contributed by atoms with van der Waals surface area (Å²) in [6.45, 7) is 3.89. The fourth-order valence-electron chi connectivity index (χ4n) is 3.14. The van der Waals surface area contributed by atoms with Crippen molar-refractivity contribution in [1.82, 2.24) is 14.5 Å². The number of methoxy groups -OCH3 is 1. The molecule has 0 aliphatic carbocycles. The van der Waals surface area contributed by atoms with Crippen molar-refractivity contribution in [3.8, 4) is 11.4 Å². The fourth-order valence-corrected chi connectivity index (χ4v) is 4.10. The van der Waals surface area contributed by atoms with Crippen LogP contribution in [0.3, 0.4) is 0 Å². The molecule has 2 heterocycles. The summed E-state index contributed by atoms with van der Waals surface area (Å²) in [6, 6.07) is 14.4. The molecule has 2 aromatic carbocycles. The Morgan fingerprint density at radius 1 is 1.14 bits per heavy atom. The Kier molecular flexibility index (Phi) is 5.15. The zero-order valence-electron chi connectivity index (χ0n) is 16.3. The first-order chi connectivity index (χ1) is 14.0. The number of ether oxygens (including phenoxy) is 1. The van der Waals surface area contributed by atoms with Gasteiger partial charge in [0.25, 0.3) is 5.56 Å². The molecule has 5 nitrogen and oxygen atoms in total. The minimum atomic E-state index is -0.411. The van der Waals surface area contributed by atoms with Crippen molar-refractivity contribution in [1.29, 1.82) is 0 Å². The molecule has 1 N–H and O–H groups in total. The number of rotatable bonds is 5. The first-order valence-electron chi connectivity index (χ1n) is 9.11. The number of nitrogens with zero attached hydrogens (tertiary/aromatic N) is 2. The Labute approximate surface area is 171 Å². The molecule has 0 unspecified atom stereocenters. The summed E-state index contributed by atoms with van der Waals surface area (Å²) in [7, 11) is 1.44. The highest BCUT2D eigenvalue weighted by molar-refractivity contribution is 7.98. The highest BCUT2D eigenvalue weighted by atomic mass is 32.2. The molecule has 2 aromatic heterocycles. The zero-order chi connectivity index (χ0) is 20.5. The summed E-state index contributed by atoms with van der Waals surface area (Å²) >= 11 is 1.39. The molecule has 4 rings (SSSR count). The van der Waals surface area contributed by atoms with E-state index in [2.05, 4.69) is 4.98 Å². The molecule has 0 atom stereocenters. The van der Waals surface area contributed by atoms with Crippen LogP contribution in [-0.4, -0.2) is 21.6 Å². The molecule has 4 aromatic rings. The lowest BCUT2D eigenvalue weighted by molar-refractivity contribution is 0.386. The highest BCUT2D eigenvalue weighted by Crippen LogP contribution is 2.27. The van der Waals surface area contributed by atoms with Gasteiger partial charge in [0.1, 0.15) is 5.52 Å². The second-order valence-electron chi connectivity index (χ2n) is 6.84. The van der Waals surface area contributed by atoms with Gasteiger partial charge in [0.05, 0.1) is 18.3 Å². The Hall–Kier alpha value is -3.06. The summed E-state index contributed by atoms with van der Waals surface area (Å²) in [4.78, 5) is 21.0. The van der Waals surface area contributed by atoms with Crippen LogP contribution >= 0.6 is 11.8 Å². The third kappa shape index (κ3) is 3.78. The number of aromatic nitrogens is 3. The Bertz CT molecular complexity index is 1250. The molecule has 148 valence electrons. The molecule has 0 bridgehead atoms. The van der Waals surface area contributed by atoms with Gasteiger partial charge in [0.2, 0.25) is 0 Å². The smallest absolute Gasteiger partial charge is 0.283 e. The van der Waals surface area contributed by atoms with Gasteiger partial charge in [0, 0.05) is 11.4 Å². The van der Waals surface area contributed by atoms with E-state index in [1.165, 1.54) is 24.9 Å². The minimum Gasteiger partial charge on any atom is -0.494 e. The molecule has 0 saturated heterocycles. The van der Waals surface area contributed by atoms with Crippen LogP contribution in [0.5, 0.6) is 5.75 Å². The molecule has 0 spiro atoms. The van der Waals surface area contributed by atoms with Crippen molar-refractivity contribution in [3.63, 3.8) is 0 Å². The van der Waals surface area contributed by atoms with Crippen molar-refractivity contribution < 1.29 is 9.13 Å². The molecule has 0 aliphatic heterocycles. The van der Waals surface area contributed by atoms with E-state index >= 15 is 0 Å². The van der Waals surface area contributed by atoms with Crippen LogP contribution < -0.4 is 10.3 Å². The van der Waals surface area contributed by atoms with Crippen molar-refractivity contribution >= 4 is 22.8 Å². The summed E-state index contributed by atoms with van der Waals surface area (Å²) in [5, 5.41) is 0.557. The Morgan fingerprint density at radius 3 is 2.59 bits per heavy atom. The molecule has 29 heavy (non-hydrogen) atoms. The molecule has 0 amide bonds. The van der Waals surface area contributed by atoms with Gasteiger partial charge in [-0.3, -0.25) is 9.36 Å². The number of fused-ring (bicyclic) bond motifs is 1. The van der Waals surface area contributed by atoms with Crippen LogP contribution in [0.4, 0.5) is 4.39 Å². The summed E-state index contributed by atoms with van der Waals surface area (Å²) < 4.78 is 20.6. The van der Waals surface area contributed by atoms with Gasteiger partial charge in [-0.1, -0.05) is 35.5 Å². The van der Waals surface area contributed by atoms with Crippen molar-refractivity contribution in [2.45, 2.75) is 24.8 Å². The maximum atomic E-state index is 14.0. The quantitative estimate of drug-likeness (QED) is 0.381. The van der Waals surface area contributed by atoms with Gasteiger partial charge in [0.15, 0.2) is 16.7 Å². The van der Waals surface area contributed by atoms with Gasteiger partial charge in [-0.2, -0.15) is 0 Å². The maximum absolute atomic E-state index is 14.0. The van der Waals surface area contributed by atoms with Gasteiger partial charge < -0.3 is 9.72 Å². The van der Waals surface area contributed by atoms with E-state index in [1.54, 1.807) is 10.6 Å². The first-order valence-corrected chi connectivity index (χ1v) is 10.1. The topological polar surface area (TPSA) is 59.9 Å². The third-order valence-corrected chi connectivity index (χ3v) is 5.64.